The Balaban J connectivity index is 1.93. The van der Waals surface area contributed by atoms with Gasteiger partial charge >= 0.3 is 0 Å². The van der Waals surface area contributed by atoms with E-state index in [-0.39, 0.29) is 34.1 Å². The molecule has 0 bridgehead atoms. The summed E-state index contributed by atoms with van der Waals surface area (Å²) in [6.07, 6.45) is 1.51. The fraction of sp³-hybridized carbons (Fsp3) is 0.0833. The molecule has 180 valence electrons. The number of carbonyl (C=O) groups excluding carboxylic acids is 2. The predicted molar refractivity (Wildman–Crippen MR) is 132 cm³/mol. The topological polar surface area (TPSA) is 139 Å². The molecular weight excluding hydrogens is 472 g/mol. The molecule has 0 atom stereocenters. The number of nitro benzene ring substituents is 1. The molecule has 0 unspecified atom stereocenters. The third kappa shape index (κ3) is 6.09. The Morgan fingerprint density at radius 1 is 0.971 bits per heavy atom. The SMILES string of the molecule is C=CCNC(=O)c1ccccc1NC(=O)CN(c1ccc([N+](=O)[O-])cc1)S(=O)(=O)c1ccccc1. The summed E-state index contributed by atoms with van der Waals surface area (Å²) in [6, 6.07) is 18.6. The maximum atomic E-state index is 13.4. The molecule has 0 aromatic heterocycles. The van der Waals surface area contributed by atoms with Gasteiger partial charge in [-0.2, -0.15) is 0 Å². The molecule has 0 aliphatic rings. The van der Waals surface area contributed by atoms with Crippen molar-refractivity contribution in [1.29, 1.82) is 0 Å². The number of rotatable bonds is 10. The van der Waals surface area contributed by atoms with Crippen LogP contribution in [0.3, 0.4) is 0 Å². The van der Waals surface area contributed by atoms with Gasteiger partial charge in [0.2, 0.25) is 5.91 Å². The predicted octanol–water partition coefficient (Wildman–Crippen LogP) is 3.34. The zero-order valence-corrected chi connectivity index (χ0v) is 19.3. The van der Waals surface area contributed by atoms with Crippen molar-refractivity contribution in [2.75, 3.05) is 22.7 Å². The summed E-state index contributed by atoms with van der Waals surface area (Å²) in [7, 11) is -4.20. The number of anilines is 2. The lowest BCUT2D eigenvalue weighted by Gasteiger charge is -2.24. The summed E-state index contributed by atoms with van der Waals surface area (Å²) in [5, 5.41) is 16.2. The van der Waals surface area contributed by atoms with Gasteiger partial charge in [-0.15, -0.1) is 6.58 Å². The normalized spacial score (nSPS) is 10.7. The molecular formula is C24H22N4O6S. The Bertz CT molecular complexity index is 1340. The Kier molecular flexibility index (Phi) is 7.95. The summed E-state index contributed by atoms with van der Waals surface area (Å²) in [4.78, 5) is 35.7. The lowest BCUT2D eigenvalue weighted by atomic mass is 10.1. The van der Waals surface area contributed by atoms with E-state index in [4.69, 9.17) is 0 Å². The number of hydrogen-bond acceptors (Lipinski definition) is 6. The molecule has 0 saturated heterocycles. The smallest absolute Gasteiger partial charge is 0.269 e. The summed E-state index contributed by atoms with van der Waals surface area (Å²) in [5.74, 6) is -1.16. The average Bonchev–Trinajstić information content (AvgIpc) is 2.86. The first kappa shape index (κ1) is 25.1. The molecule has 0 saturated carbocycles. The quantitative estimate of drug-likeness (QED) is 0.252. The minimum atomic E-state index is -4.20. The highest BCUT2D eigenvalue weighted by atomic mass is 32.2. The Labute approximate surface area is 202 Å². The van der Waals surface area contributed by atoms with Gasteiger partial charge in [-0.25, -0.2) is 8.42 Å². The summed E-state index contributed by atoms with van der Waals surface area (Å²) >= 11 is 0. The minimum absolute atomic E-state index is 0.0599. The molecule has 2 N–H and O–H groups in total. The van der Waals surface area contributed by atoms with Crippen molar-refractivity contribution in [3.8, 4) is 0 Å². The number of amides is 2. The van der Waals surface area contributed by atoms with Gasteiger partial charge < -0.3 is 10.6 Å². The van der Waals surface area contributed by atoms with Gasteiger partial charge in [-0.3, -0.25) is 24.0 Å². The number of para-hydroxylation sites is 1. The van der Waals surface area contributed by atoms with E-state index in [0.29, 0.717) is 0 Å². The van der Waals surface area contributed by atoms with Gasteiger partial charge in [-0.05, 0) is 36.4 Å². The number of nitro groups is 1. The highest BCUT2D eigenvalue weighted by Gasteiger charge is 2.28. The Hall–Kier alpha value is -4.51. The monoisotopic (exact) mass is 494 g/mol. The second kappa shape index (κ2) is 11.1. The summed E-state index contributed by atoms with van der Waals surface area (Å²) in [6.45, 7) is 3.12. The second-order valence-corrected chi connectivity index (χ2v) is 9.05. The molecule has 0 fully saturated rings. The van der Waals surface area contributed by atoms with E-state index in [2.05, 4.69) is 17.2 Å². The third-order valence-corrected chi connectivity index (χ3v) is 6.61. The van der Waals surface area contributed by atoms with Gasteiger partial charge in [0.1, 0.15) is 6.54 Å². The molecule has 0 heterocycles. The number of non-ortho nitro benzene ring substituents is 1. The maximum Gasteiger partial charge on any atom is 0.269 e. The van der Waals surface area contributed by atoms with Crippen LogP contribution in [0.4, 0.5) is 17.1 Å². The van der Waals surface area contributed by atoms with Crippen LogP contribution in [-0.4, -0.2) is 38.2 Å². The molecule has 0 spiro atoms. The molecule has 11 heteroatoms. The minimum Gasteiger partial charge on any atom is -0.349 e. The highest BCUT2D eigenvalue weighted by Crippen LogP contribution is 2.26. The first-order chi connectivity index (χ1) is 16.7. The Morgan fingerprint density at radius 2 is 1.60 bits per heavy atom. The highest BCUT2D eigenvalue weighted by molar-refractivity contribution is 7.92. The number of benzene rings is 3. The first-order valence-corrected chi connectivity index (χ1v) is 11.8. The number of hydrogen-bond donors (Lipinski definition) is 2. The summed E-state index contributed by atoms with van der Waals surface area (Å²) in [5.41, 5.74) is 0.219. The third-order valence-electron chi connectivity index (χ3n) is 4.82. The zero-order chi connectivity index (χ0) is 25.4. The lowest BCUT2D eigenvalue weighted by Crippen LogP contribution is -2.38. The van der Waals surface area contributed by atoms with Gasteiger partial charge in [0, 0.05) is 18.7 Å². The average molecular weight is 495 g/mol. The zero-order valence-electron chi connectivity index (χ0n) is 18.5. The van der Waals surface area contributed by atoms with Gasteiger partial charge in [0.05, 0.1) is 26.8 Å². The van der Waals surface area contributed by atoms with E-state index >= 15 is 0 Å². The van der Waals surface area contributed by atoms with Crippen LogP contribution < -0.4 is 14.9 Å². The van der Waals surface area contributed by atoms with Crippen LogP contribution in [0.15, 0.2) is 96.4 Å². The molecule has 3 aromatic carbocycles. The van der Waals surface area contributed by atoms with Gasteiger partial charge in [-0.1, -0.05) is 36.4 Å². The molecule has 35 heavy (non-hydrogen) atoms. The summed E-state index contributed by atoms with van der Waals surface area (Å²) < 4.78 is 27.6. The maximum absolute atomic E-state index is 13.4. The van der Waals surface area contributed by atoms with Crippen molar-refractivity contribution < 1.29 is 22.9 Å². The standard InChI is InChI=1S/C24H22N4O6S/c1-2-16-25-24(30)21-10-6-7-11-22(21)26-23(29)17-27(18-12-14-19(15-13-18)28(31)32)35(33,34)20-8-4-3-5-9-20/h2-15H,1,16-17H2,(H,25,30)(H,26,29). The van der Waals surface area contributed by atoms with E-state index in [1.54, 1.807) is 30.3 Å². The van der Waals surface area contributed by atoms with Crippen LogP contribution in [-0.2, 0) is 14.8 Å². The van der Waals surface area contributed by atoms with Gasteiger partial charge in [0.15, 0.2) is 0 Å². The molecule has 0 radical (unpaired) electrons. The number of sulfonamides is 1. The molecule has 3 aromatic rings. The number of nitrogens with zero attached hydrogens (tertiary/aromatic N) is 2. The number of carbonyl (C=O) groups is 2. The van der Waals surface area contributed by atoms with Gasteiger partial charge in [0.25, 0.3) is 21.6 Å². The Morgan fingerprint density at radius 3 is 2.23 bits per heavy atom. The van der Waals surface area contributed by atoms with Crippen molar-refractivity contribution in [3.63, 3.8) is 0 Å². The molecule has 10 nitrogen and oxygen atoms in total. The largest absolute Gasteiger partial charge is 0.349 e. The first-order valence-electron chi connectivity index (χ1n) is 10.3. The number of nitrogens with one attached hydrogen (secondary N) is 2. The fourth-order valence-electron chi connectivity index (χ4n) is 3.15. The van der Waals surface area contributed by atoms with Crippen LogP contribution in [0.25, 0.3) is 0 Å². The van der Waals surface area contributed by atoms with Crippen LogP contribution in [0.1, 0.15) is 10.4 Å². The van der Waals surface area contributed by atoms with E-state index in [9.17, 15) is 28.1 Å². The lowest BCUT2D eigenvalue weighted by molar-refractivity contribution is -0.384. The van der Waals surface area contributed by atoms with E-state index in [1.807, 2.05) is 0 Å². The van der Waals surface area contributed by atoms with Crippen molar-refractivity contribution in [2.24, 2.45) is 0 Å². The molecule has 0 aliphatic heterocycles. The van der Waals surface area contributed by atoms with E-state index in [0.717, 1.165) is 16.4 Å². The van der Waals surface area contributed by atoms with E-state index in [1.165, 1.54) is 42.5 Å². The van der Waals surface area contributed by atoms with Crippen LogP contribution in [0, 0.1) is 10.1 Å². The van der Waals surface area contributed by atoms with Crippen molar-refractivity contribution in [3.05, 3.63) is 107 Å². The van der Waals surface area contributed by atoms with Crippen molar-refractivity contribution in [2.45, 2.75) is 4.90 Å². The van der Waals surface area contributed by atoms with Crippen molar-refractivity contribution in [1.82, 2.24) is 5.32 Å². The fourth-order valence-corrected chi connectivity index (χ4v) is 4.59. The van der Waals surface area contributed by atoms with E-state index < -0.39 is 33.3 Å². The van der Waals surface area contributed by atoms with Crippen molar-refractivity contribution >= 4 is 38.9 Å². The molecule has 3 rings (SSSR count). The molecule has 0 aliphatic carbocycles. The van der Waals surface area contributed by atoms with Crippen LogP contribution in [0.2, 0.25) is 0 Å². The molecule has 2 amide bonds. The second-order valence-electron chi connectivity index (χ2n) is 7.19. The van der Waals surface area contributed by atoms with Crippen LogP contribution in [0.5, 0.6) is 0 Å². The van der Waals surface area contributed by atoms with Crippen LogP contribution >= 0.6 is 0 Å².